The Hall–Kier alpha value is -2.41. The van der Waals surface area contributed by atoms with Gasteiger partial charge in [-0.05, 0) is 18.4 Å². The van der Waals surface area contributed by atoms with Crippen molar-refractivity contribution < 1.29 is 19.1 Å². The van der Waals surface area contributed by atoms with Crippen LogP contribution in [0.15, 0.2) is 30.3 Å². The Morgan fingerprint density at radius 1 is 1.22 bits per heavy atom. The summed E-state index contributed by atoms with van der Waals surface area (Å²) in [5, 5.41) is 2.45. The zero-order chi connectivity index (χ0) is 17.2. The van der Waals surface area contributed by atoms with Crippen molar-refractivity contribution in [2.45, 2.75) is 44.9 Å². The quantitative estimate of drug-likeness (QED) is 0.561. The number of esters is 1. The molecule has 0 saturated carbocycles. The van der Waals surface area contributed by atoms with Gasteiger partial charge in [0.25, 0.3) is 0 Å². The molecule has 0 aliphatic rings. The van der Waals surface area contributed by atoms with Gasteiger partial charge in [0, 0.05) is 6.42 Å². The second kappa shape index (κ2) is 9.58. The number of amides is 2. The molecule has 0 aliphatic heterocycles. The summed E-state index contributed by atoms with van der Waals surface area (Å²) >= 11 is 0. The molecule has 0 heterocycles. The van der Waals surface area contributed by atoms with Crippen LogP contribution in [0.25, 0.3) is 0 Å². The molecule has 1 aromatic rings. The fourth-order valence-corrected chi connectivity index (χ4v) is 1.82. The molecule has 0 aliphatic carbocycles. The maximum absolute atomic E-state index is 11.7. The van der Waals surface area contributed by atoms with Gasteiger partial charge in [0.1, 0.15) is 12.6 Å². The van der Waals surface area contributed by atoms with E-state index in [0.29, 0.717) is 6.42 Å². The van der Waals surface area contributed by atoms with E-state index in [1.54, 1.807) is 6.92 Å². The number of benzene rings is 1. The van der Waals surface area contributed by atoms with E-state index >= 15 is 0 Å². The zero-order valence-electron chi connectivity index (χ0n) is 13.2. The number of rotatable bonds is 9. The first-order chi connectivity index (χ1) is 10.9. The number of primary amides is 1. The lowest BCUT2D eigenvalue weighted by atomic mass is 10.1. The van der Waals surface area contributed by atoms with Crippen molar-refractivity contribution in [3.05, 3.63) is 35.9 Å². The predicted molar refractivity (Wildman–Crippen MR) is 84.9 cm³/mol. The number of hydrogen-bond donors (Lipinski definition) is 3. The molecule has 1 rings (SSSR count). The van der Waals surface area contributed by atoms with Crippen LogP contribution in [-0.4, -0.2) is 29.9 Å². The Kier molecular flexibility index (Phi) is 7.76. The van der Waals surface area contributed by atoms with E-state index < -0.39 is 29.9 Å². The summed E-state index contributed by atoms with van der Waals surface area (Å²) in [4.78, 5) is 34.7. The average molecular weight is 321 g/mol. The van der Waals surface area contributed by atoms with Crippen LogP contribution in [0.1, 0.15) is 31.7 Å². The maximum Gasteiger partial charge on any atom is 0.306 e. The molecule has 0 radical (unpaired) electrons. The van der Waals surface area contributed by atoms with Gasteiger partial charge >= 0.3 is 5.97 Å². The Morgan fingerprint density at radius 2 is 1.87 bits per heavy atom. The fourth-order valence-electron chi connectivity index (χ4n) is 1.82. The van der Waals surface area contributed by atoms with Crippen LogP contribution < -0.4 is 16.8 Å². The Labute approximate surface area is 135 Å². The van der Waals surface area contributed by atoms with E-state index in [0.717, 1.165) is 5.56 Å². The highest BCUT2D eigenvalue weighted by Crippen LogP contribution is 2.05. The van der Waals surface area contributed by atoms with E-state index in [4.69, 9.17) is 16.2 Å². The maximum atomic E-state index is 11.7. The highest BCUT2D eigenvalue weighted by atomic mass is 16.5. The Balaban J connectivity index is 2.41. The molecule has 0 bridgehead atoms. The minimum atomic E-state index is -0.940. The lowest BCUT2D eigenvalue weighted by Gasteiger charge is -2.17. The summed E-state index contributed by atoms with van der Waals surface area (Å²) in [6, 6.07) is 7.59. The summed E-state index contributed by atoms with van der Waals surface area (Å²) < 4.78 is 5.10. The van der Waals surface area contributed by atoms with Crippen LogP contribution in [0.5, 0.6) is 0 Å². The van der Waals surface area contributed by atoms with Crippen molar-refractivity contribution >= 4 is 17.8 Å². The number of ether oxygens (including phenoxy) is 1. The van der Waals surface area contributed by atoms with Crippen LogP contribution in [0.2, 0.25) is 0 Å². The van der Waals surface area contributed by atoms with Crippen molar-refractivity contribution in [1.82, 2.24) is 5.32 Å². The van der Waals surface area contributed by atoms with Gasteiger partial charge in [-0.15, -0.1) is 0 Å². The minimum absolute atomic E-state index is 0.0257. The first kappa shape index (κ1) is 18.6. The van der Waals surface area contributed by atoms with Gasteiger partial charge in [-0.25, -0.2) is 0 Å². The average Bonchev–Trinajstić information content (AvgIpc) is 2.56. The van der Waals surface area contributed by atoms with E-state index in [9.17, 15) is 14.4 Å². The molecule has 126 valence electrons. The molecule has 23 heavy (non-hydrogen) atoms. The number of carbonyl (C=O) groups is 3. The monoisotopic (exact) mass is 321 g/mol. The molecular formula is C16H23N3O4. The largest absolute Gasteiger partial charge is 0.461 e. The molecule has 0 spiro atoms. The summed E-state index contributed by atoms with van der Waals surface area (Å²) in [6.07, 6.45) is 0.490. The highest BCUT2D eigenvalue weighted by Gasteiger charge is 2.22. The standard InChI is InChI=1S/C16H23N3O4/c1-2-12(17)16(22)19-13(15(18)21)8-9-14(20)23-10-11-6-4-3-5-7-11/h3-7,12-13H,2,8-10,17H2,1H3,(H2,18,21)(H,19,22)/t12-,13+/m0/s1. The molecule has 7 nitrogen and oxygen atoms in total. The van der Waals surface area contributed by atoms with E-state index in [1.165, 1.54) is 0 Å². The van der Waals surface area contributed by atoms with Gasteiger partial charge in [0.2, 0.25) is 11.8 Å². The van der Waals surface area contributed by atoms with Gasteiger partial charge < -0.3 is 21.5 Å². The Bertz CT molecular complexity index is 533. The number of nitrogens with two attached hydrogens (primary N) is 2. The van der Waals surface area contributed by atoms with Gasteiger partial charge in [0.05, 0.1) is 6.04 Å². The molecule has 0 saturated heterocycles. The third kappa shape index (κ3) is 6.92. The molecule has 0 fully saturated rings. The molecule has 2 amide bonds. The van der Waals surface area contributed by atoms with Crippen molar-refractivity contribution in [2.24, 2.45) is 11.5 Å². The first-order valence-electron chi connectivity index (χ1n) is 7.48. The zero-order valence-corrected chi connectivity index (χ0v) is 13.2. The highest BCUT2D eigenvalue weighted by molar-refractivity contribution is 5.89. The van der Waals surface area contributed by atoms with Crippen molar-refractivity contribution in [3.8, 4) is 0 Å². The van der Waals surface area contributed by atoms with Crippen LogP contribution in [0, 0.1) is 0 Å². The molecule has 1 aromatic carbocycles. The van der Waals surface area contributed by atoms with Crippen molar-refractivity contribution in [3.63, 3.8) is 0 Å². The van der Waals surface area contributed by atoms with E-state index in [-0.39, 0.29) is 19.4 Å². The lowest BCUT2D eigenvalue weighted by Crippen LogP contribution is -2.50. The fraction of sp³-hybridized carbons (Fsp3) is 0.438. The Morgan fingerprint density at radius 3 is 2.43 bits per heavy atom. The van der Waals surface area contributed by atoms with E-state index in [1.807, 2.05) is 30.3 Å². The van der Waals surface area contributed by atoms with Gasteiger partial charge in [-0.3, -0.25) is 14.4 Å². The van der Waals surface area contributed by atoms with Crippen molar-refractivity contribution in [1.29, 1.82) is 0 Å². The third-order valence-electron chi connectivity index (χ3n) is 3.32. The normalized spacial score (nSPS) is 13.0. The molecule has 0 aromatic heterocycles. The van der Waals surface area contributed by atoms with Gasteiger partial charge in [-0.2, -0.15) is 0 Å². The summed E-state index contributed by atoms with van der Waals surface area (Å²) in [6.45, 7) is 1.92. The van der Waals surface area contributed by atoms with Crippen LogP contribution in [0.4, 0.5) is 0 Å². The second-order valence-electron chi connectivity index (χ2n) is 5.16. The van der Waals surface area contributed by atoms with Gasteiger partial charge in [-0.1, -0.05) is 37.3 Å². The number of carbonyl (C=O) groups excluding carboxylic acids is 3. The lowest BCUT2D eigenvalue weighted by molar-refractivity contribution is -0.145. The topological polar surface area (TPSA) is 125 Å². The summed E-state index contributed by atoms with van der Waals surface area (Å²) in [5.41, 5.74) is 11.7. The van der Waals surface area contributed by atoms with Crippen LogP contribution in [-0.2, 0) is 25.7 Å². The molecule has 2 atom stereocenters. The van der Waals surface area contributed by atoms with Crippen molar-refractivity contribution in [2.75, 3.05) is 0 Å². The number of hydrogen-bond acceptors (Lipinski definition) is 5. The predicted octanol–water partition coefficient (Wildman–Crippen LogP) is 0.217. The third-order valence-corrected chi connectivity index (χ3v) is 3.32. The van der Waals surface area contributed by atoms with E-state index in [2.05, 4.69) is 5.32 Å². The molecular weight excluding hydrogens is 298 g/mol. The molecule has 5 N–H and O–H groups in total. The molecule has 0 unspecified atom stereocenters. The number of nitrogens with one attached hydrogen (secondary N) is 1. The molecule has 7 heteroatoms. The smallest absolute Gasteiger partial charge is 0.306 e. The summed E-state index contributed by atoms with van der Waals surface area (Å²) in [7, 11) is 0. The first-order valence-corrected chi connectivity index (χ1v) is 7.48. The summed E-state index contributed by atoms with van der Waals surface area (Å²) in [5.74, 6) is -1.64. The minimum Gasteiger partial charge on any atom is -0.461 e. The second-order valence-corrected chi connectivity index (χ2v) is 5.16. The SMILES string of the molecule is CC[C@H](N)C(=O)N[C@H](CCC(=O)OCc1ccccc1)C(N)=O. The van der Waals surface area contributed by atoms with Crippen LogP contribution >= 0.6 is 0 Å². The van der Waals surface area contributed by atoms with Crippen LogP contribution in [0.3, 0.4) is 0 Å². The van der Waals surface area contributed by atoms with Gasteiger partial charge in [0.15, 0.2) is 0 Å².